The van der Waals surface area contributed by atoms with Crippen molar-refractivity contribution in [3.63, 3.8) is 0 Å². The maximum absolute atomic E-state index is 9.55. The van der Waals surface area contributed by atoms with Crippen molar-refractivity contribution < 1.29 is 0 Å². The molecule has 0 aliphatic heterocycles. The summed E-state index contributed by atoms with van der Waals surface area (Å²) in [4.78, 5) is 5.21. The number of benzene rings is 9. The molecule has 11 rings (SSSR count). The maximum atomic E-state index is 9.55. The lowest BCUT2D eigenvalue weighted by atomic mass is 9.67. The topological polar surface area (TPSA) is 28.7 Å². The van der Waals surface area contributed by atoms with Crippen molar-refractivity contribution in [1.82, 2.24) is 4.57 Å². The van der Waals surface area contributed by atoms with E-state index in [1.54, 1.807) is 0 Å². The van der Waals surface area contributed by atoms with E-state index in [0.717, 1.165) is 16.7 Å². The van der Waals surface area contributed by atoms with E-state index < -0.39 is 15.4 Å². The third-order valence-electron chi connectivity index (χ3n) is 12.2. The third kappa shape index (κ3) is 5.14. The molecular weight excluding hydrogens is 733 g/mol. The summed E-state index contributed by atoms with van der Waals surface area (Å²) in [6.07, 6.45) is 0. The predicted molar refractivity (Wildman–Crippen MR) is 243 cm³/mol. The van der Waals surface area contributed by atoms with Crippen LogP contribution in [0, 0.1) is 11.3 Å². The Labute approximate surface area is 346 Å². The Morgan fingerprint density at radius 1 is 0.390 bits per heavy atom. The van der Waals surface area contributed by atoms with Gasteiger partial charge in [-0.2, -0.15) is 5.26 Å². The van der Waals surface area contributed by atoms with Crippen LogP contribution in [-0.2, 0) is 5.41 Å². The normalized spacial score (nSPS) is 13.1. The van der Waals surface area contributed by atoms with Gasteiger partial charge >= 0.3 is 0 Å². The molecular formula is C56H38N2S. The number of hydrogen-bond acceptors (Lipinski definition) is 1. The van der Waals surface area contributed by atoms with Crippen LogP contribution in [0.1, 0.15) is 27.8 Å². The Balaban J connectivity index is 1.19. The molecule has 3 heteroatoms. The first-order valence-electron chi connectivity index (χ1n) is 20.1. The van der Waals surface area contributed by atoms with Crippen LogP contribution in [0.3, 0.4) is 0 Å². The highest BCUT2D eigenvalue weighted by molar-refractivity contribution is 8.34. The third-order valence-corrected chi connectivity index (χ3v) is 16.2. The average Bonchev–Trinajstić information content (AvgIpc) is 3.81. The van der Waals surface area contributed by atoms with Gasteiger partial charge in [0.1, 0.15) is 0 Å². The first kappa shape index (κ1) is 34.8. The molecule has 9 aromatic carbocycles. The molecule has 59 heavy (non-hydrogen) atoms. The van der Waals surface area contributed by atoms with Gasteiger partial charge < -0.3 is 4.57 Å². The molecule has 0 spiro atoms. The quantitative estimate of drug-likeness (QED) is 0.159. The lowest BCUT2D eigenvalue weighted by Gasteiger charge is -2.42. The van der Waals surface area contributed by atoms with Gasteiger partial charge in [-0.25, -0.2) is 0 Å². The summed E-state index contributed by atoms with van der Waals surface area (Å²) in [6.45, 7) is 0. The summed E-state index contributed by atoms with van der Waals surface area (Å²) in [5, 5.41) is 11.9. The fraction of sp³-hybridized carbons (Fsp3) is 0.0179. The van der Waals surface area contributed by atoms with Crippen LogP contribution in [0.5, 0.6) is 0 Å². The van der Waals surface area contributed by atoms with Gasteiger partial charge in [0.15, 0.2) is 0 Å². The Bertz CT molecular complexity index is 3050. The zero-order valence-electron chi connectivity index (χ0n) is 32.2. The van der Waals surface area contributed by atoms with Crippen LogP contribution < -0.4 is 0 Å². The molecule has 0 radical (unpaired) electrons. The Morgan fingerprint density at radius 3 is 1.41 bits per heavy atom. The molecule has 2 nitrogen and oxygen atoms in total. The molecule has 10 aromatic rings. The fourth-order valence-corrected chi connectivity index (χ4v) is 13.7. The van der Waals surface area contributed by atoms with Crippen molar-refractivity contribution in [2.75, 3.05) is 0 Å². The number of fused-ring (bicyclic) bond motifs is 6. The molecule has 0 N–H and O–H groups in total. The molecule has 1 aliphatic carbocycles. The SMILES string of the molecule is N#Cc1ccc(-n2c3ccccc3c3cc(C4(c5ccc(S(c6ccccc6)(c6ccccc6)c6ccccc6)cc5)c5ccccc5-c5ccccc54)ccc32)cc1. The van der Waals surface area contributed by atoms with Crippen molar-refractivity contribution in [3.05, 3.63) is 258 Å². The molecule has 0 saturated carbocycles. The highest BCUT2D eigenvalue weighted by Crippen LogP contribution is 2.73. The monoisotopic (exact) mass is 770 g/mol. The van der Waals surface area contributed by atoms with E-state index in [1.165, 1.54) is 63.7 Å². The van der Waals surface area contributed by atoms with Crippen LogP contribution in [0.15, 0.2) is 250 Å². The van der Waals surface area contributed by atoms with Crippen molar-refractivity contribution in [2.45, 2.75) is 25.0 Å². The van der Waals surface area contributed by atoms with Crippen LogP contribution in [-0.4, -0.2) is 4.57 Å². The summed E-state index contributed by atoms with van der Waals surface area (Å²) in [6, 6.07) is 86.8. The van der Waals surface area contributed by atoms with Crippen LogP contribution in [0.2, 0.25) is 0 Å². The van der Waals surface area contributed by atoms with Gasteiger partial charge in [-0.1, -0.05) is 140 Å². The molecule has 0 bridgehead atoms. The molecule has 1 aliphatic rings. The molecule has 0 unspecified atom stereocenters. The van der Waals surface area contributed by atoms with Crippen LogP contribution >= 0.6 is 10.0 Å². The van der Waals surface area contributed by atoms with Gasteiger partial charge in [0.2, 0.25) is 0 Å². The summed E-state index contributed by atoms with van der Waals surface area (Å²) in [7, 11) is -1.86. The summed E-state index contributed by atoms with van der Waals surface area (Å²) >= 11 is 0. The van der Waals surface area contributed by atoms with E-state index in [1.807, 2.05) is 24.3 Å². The number of hydrogen-bond donors (Lipinski definition) is 0. The first-order chi connectivity index (χ1) is 29.2. The van der Waals surface area contributed by atoms with Crippen molar-refractivity contribution >= 4 is 31.8 Å². The predicted octanol–water partition coefficient (Wildman–Crippen LogP) is 14.4. The average molecular weight is 771 g/mol. The van der Waals surface area contributed by atoms with E-state index in [0.29, 0.717) is 5.56 Å². The number of nitriles is 1. The standard InChI is InChI=1S/C56H38N2S/c57-39-40-28-33-43(34-29-40)58-54-27-15-12-24-50(54)51-38-42(32-37-55(51)58)56(52-25-13-10-22-48(52)49-23-11-14-26-53(49)56)41-30-35-47(36-31-41)59(44-16-4-1-5-17-44,45-18-6-2-7-19-45)46-20-8-3-9-21-46/h1-38H. The Hall–Kier alpha value is -7.38. The van der Waals surface area contributed by atoms with Gasteiger partial charge in [0, 0.05) is 36.0 Å². The largest absolute Gasteiger partial charge is 0.309 e. The summed E-state index contributed by atoms with van der Waals surface area (Å²) in [5.41, 5.74) is 10.9. The zero-order valence-corrected chi connectivity index (χ0v) is 33.1. The highest BCUT2D eigenvalue weighted by atomic mass is 32.3. The van der Waals surface area contributed by atoms with Gasteiger partial charge in [0.25, 0.3) is 0 Å². The number of aromatic nitrogens is 1. The highest BCUT2D eigenvalue weighted by Gasteiger charge is 2.46. The second-order valence-electron chi connectivity index (χ2n) is 15.2. The lowest BCUT2D eigenvalue weighted by Crippen LogP contribution is -2.28. The maximum Gasteiger partial charge on any atom is 0.0991 e. The number of rotatable bonds is 7. The molecule has 278 valence electrons. The van der Waals surface area contributed by atoms with Gasteiger partial charge in [0.05, 0.1) is 28.1 Å². The first-order valence-corrected chi connectivity index (χ1v) is 21.7. The second kappa shape index (κ2) is 13.9. The van der Waals surface area contributed by atoms with Gasteiger partial charge in [-0.05, 0) is 124 Å². The van der Waals surface area contributed by atoms with Crippen molar-refractivity contribution in [3.8, 4) is 22.9 Å². The van der Waals surface area contributed by atoms with E-state index in [2.05, 4.69) is 217 Å². The second-order valence-corrected chi connectivity index (χ2v) is 18.3. The smallest absolute Gasteiger partial charge is 0.0991 e. The molecule has 0 amide bonds. The summed E-state index contributed by atoms with van der Waals surface area (Å²) < 4.78 is 2.33. The minimum Gasteiger partial charge on any atom is -0.309 e. The molecule has 1 heterocycles. The molecule has 0 saturated heterocycles. The fourth-order valence-electron chi connectivity index (χ4n) is 9.79. The lowest BCUT2D eigenvalue weighted by molar-refractivity contribution is 0.768. The van der Waals surface area contributed by atoms with E-state index in [9.17, 15) is 5.26 Å². The Morgan fingerprint density at radius 2 is 0.847 bits per heavy atom. The van der Waals surface area contributed by atoms with Crippen molar-refractivity contribution in [1.29, 1.82) is 5.26 Å². The minimum absolute atomic E-state index is 0.582. The minimum atomic E-state index is -1.86. The van der Waals surface area contributed by atoms with Gasteiger partial charge in [-0.15, -0.1) is 10.0 Å². The van der Waals surface area contributed by atoms with E-state index >= 15 is 0 Å². The van der Waals surface area contributed by atoms with E-state index in [-0.39, 0.29) is 0 Å². The van der Waals surface area contributed by atoms with E-state index in [4.69, 9.17) is 0 Å². The molecule has 0 fully saturated rings. The van der Waals surface area contributed by atoms with Crippen LogP contribution in [0.4, 0.5) is 0 Å². The van der Waals surface area contributed by atoms with Crippen LogP contribution in [0.25, 0.3) is 38.6 Å². The summed E-state index contributed by atoms with van der Waals surface area (Å²) in [5.74, 6) is 0. The van der Waals surface area contributed by atoms with Crippen molar-refractivity contribution in [2.24, 2.45) is 0 Å². The molecule has 0 atom stereocenters. The Kier molecular flexibility index (Phi) is 8.22. The molecule has 1 aromatic heterocycles. The zero-order chi connectivity index (χ0) is 39.4. The number of nitrogens with zero attached hydrogens (tertiary/aromatic N) is 2. The number of para-hydroxylation sites is 1. The van der Waals surface area contributed by atoms with Gasteiger partial charge in [-0.3, -0.25) is 0 Å².